The summed E-state index contributed by atoms with van der Waals surface area (Å²) in [6, 6.07) is 12.5. The van der Waals surface area contributed by atoms with E-state index in [-0.39, 0.29) is 6.10 Å². The van der Waals surface area contributed by atoms with Gasteiger partial charge in [-0.1, -0.05) is 17.7 Å². The Labute approximate surface area is 164 Å². The molecule has 1 aromatic heterocycles. The van der Waals surface area contributed by atoms with Gasteiger partial charge in [-0.15, -0.1) is 0 Å². The number of nitrogens with two attached hydrogens (primary N) is 1. The van der Waals surface area contributed by atoms with E-state index in [0.29, 0.717) is 28.8 Å². The summed E-state index contributed by atoms with van der Waals surface area (Å²) in [7, 11) is 0. The van der Waals surface area contributed by atoms with Gasteiger partial charge < -0.3 is 10.5 Å². The zero-order valence-electron chi connectivity index (χ0n) is 15.3. The third kappa shape index (κ3) is 3.80. The molecule has 0 radical (unpaired) electrons. The molecule has 5 nitrogen and oxygen atoms in total. The lowest BCUT2D eigenvalue weighted by Gasteiger charge is -2.42. The predicted octanol–water partition coefficient (Wildman–Crippen LogP) is 3.97. The molecule has 1 unspecified atom stereocenters. The van der Waals surface area contributed by atoms with Gasteiger partial charge in [-0.25, -0.2) is 4.98 Å². The Balaban J connectivity index is 1.46. The topological polar surface area (TPSA) is 68.5 Å². The number of halogens is 1. The minimum Gasteiger partial charge on any atom is -0.490 e. The lowest BCUT2D eigenvalue weighted by Crippen LogP contribution is -2.47. The van der Waals surface area contributed by atoms with Gasteiger partial charge in [-0.3, -0.25) is 9.69 Å². The van der Waals surface area contributed by atoms with Crippen molar-refractivity contribution < 1.29 is 9.53 Å². The molecule has 27 heavy (non-hydrogen) atoms. The molecule has 0 saturated carbocycles. The van der Waals surface area contributed by atoms with Gasteiger partial charge in [0, 0.05) is 29.9 Å². The first-order valence-electron chi connectivity index (χ1n) is 9.46. The van der Waals surface area contributed by atoms with Crippen molar-refractivity contribution >= 4 is 17.5 Å². The van der Waals surface area contributed by atoms with E-state index in [0.717, 1.165) is 18.6 Å². The van der Waals surface area contributed by atoms with Gasteiger partial charge in [0.15, 0.2) is 0 Å². The van der Waals surface area contributed by atoms with Gasteiger partial charge in [0.1, 0.15) is 17.0 Å². The van der Waals surface area contributed by atoms with E-state index in [2.05, 4.69) is 16.8 Å². The van der Waals surface area contributed by atoms with Crippen molar-refractivity contribution in [1.29, 1.82) is 0 Å². The Bertz CT molecular complexity index is 830. The van der Waals surface area contributed by atoms with Crippen LogP contribution >= 0.6 is 11.6 Å². The maximum Gasteiger partial charge on any atom is 0.248 e. The summed E-state index contributed by atoms with van der Waals surface area (Å²) in [5.41, 5.74) is 7.06. The summed E-state index contributed by atoms with van der Waals surface area (Å²) >= 11 is 6.08. The Kier molecular flexibility index (Phi) is 5.06. The van der Waals surface area contributed by atoms with Crippen molar-refractivity contribution in [3.63, 3.8) is 0 Å². The molecule has 4 atom stereocenters. The number of pyridine rings is 1. The first kappa shape index (κ1) is 18.3. The molecular weight excluding hydrogens is 362 g/mol. The predicted molar refractivity (Wildman–Crippen MR) is 105 cm³/mol. The minimum atomic E-state index is -0.430. The van der Waals surface area contributed by atoms with Crippen LogP contribution in [0.25, 0.3) is 0 Å². The number of primary amides is 1. The van der Waals surface area contributed by atoms with E-state index in [9.17, 15) is 4.79 Å². The number of amides is 1. The lowest BCUT2D eigenvalue weighted by molar-refractivity contribution is 0.0254. The first-order valence-corrected chi connectivity index (χ1v) is 9.84. The van der Waals surface area contributed by atoms with Crippen LogP contribution in [0.4, 0.5) is 0 Å². The van der Waals surface area contributed by atoms with Crippen LogP contribution in [0.5, 0.6) is 5.75 Å². The molecule has 2 bridgehead atoms. The summed E-state index contributed by atoms with van der Waals surface area (Å²) in [5.74, 6) is 0.290. The van der Waals surface area contributed by atoms with Crippen molar-refractivity contribution in [1.82, 2.24) is 9.88 Å². The van der Waals surface area contributed by atoms with E-state index < -0.39 is 5.91 Å². The highest BCUT2D eigenvalue weighted by molar-refractivity contribution is 6.29. The number of carbonyl (C=O) groups excluding carboxylic acids is 1. The molecule has 6 heteroatoms. The molecule has 0 spiro atoms. The van der Waals surface area contributed by atoms with E-state index >= 15 is 0 Å². The van der Waals surface area contributed by atoms with E-state index in [4.69, 9.17) is 22.1 Å². The van der Waals surface area contributed by atoms with Gasteiger partial charge in [-0.2, -0.15) is 0 Å². The zero-order chi connectivity index (χ0) is 19.0. The second-order valence-electron chi connectivity index (χ2n) is 7.52. The van der Waals surface area contributed by atoms with E-state index in [1.807, 2.05) is 24.3 Å². The van der Waals surface area contributed by atoms with Crippen LogP contribution in [0, 0.1) is 0 Å². The van der Waals surface area contributed by atoms with Crippen LogP contribution in [0.1, 0.15) is 54.6 Å². The maximum atomic E-state index is 11.4. The Morgan fingerprint density at radius 2 is 2.00 bits per heavy atom. The van der Waals surface area contributed by atoms with Crippen molar-refractivity contribution in [2.75, 3.05) is 0 Å². The molecule has 2 aliphatic rings. The summed E-state index contributed by atoms with van der Waals surface area (Å²) in [5, 5.41) is 0.541. The fraction of sp³-hybridized carbons (Fsp3) is 0.429. The molecule has 4 rings (SSSR count). The van der Waals surface area contributed by atoms with Gasteiger partial charge in [0.2, 0.25) is 5.91 Å². The van der Waals surface area contributed by atoms with Crippen molar-refractivity contribution in [3.05, 3.63) is 58.9 Å². The molecule has 0 aliphatic carbocycles. The van der Waals surface area contributed by atoms with Crippen molar-refractivity contribution in [2.45, 2.75) is 56.8 Å². The Morgan fingerprint density at radius 3 is 2.67 bits per heavy atom. The zero-order valence-corrected chi connectivity index (χ0v) is 16.1. The molecule has 1 aromatic carbocycles. The van der Waals surface area contributed by atoms with Crippen LogP contribution in [-0.2, 0) is 0 Å². The highest BCUT2D eigenvalue weighted by Gasteiger charge is 2.43. The monoisotopic (exact) mass is 385 g/mol. The fourth-order valence-electron chi connectivity index (χ4n) is 4.66. The van der Waals surface area contributed by atoms with Gasteiger partial charge in [0.25, 0.3) is 0 Å². The number of ether oxygens (including phenoxy) is 1. The lowest BCUT2D eigenvalue weighted by atomic mass is 9.95. The van der Waals surface area contributed by atoms with Crippen LogP contribution in [0.3, 0.4) is 0 Å². The largest absolute Gasteiger partial charge is 0.490 e. The summed E-state index contributed by atoms with van der Waals surface area (Å²) < 4.78 is 6.21. The number of carbonyl (C=O) groups is 1. The molecule has 2 N–H and O–H groups in total. The van der Waals surface area contributed by atoms with Crippen LogP contribution in [0.15, 0.2) is 42.6 Å². The summed E-state index contributed by atoms with van der Waals surface area (Å²) in [6.45, 7) is 2.24. The molecule has 2 fully saturated rings. The third-order valence-electron chi connectivity index (χ3n) is 5.85. The Morgan fingerprint density at radius 1 is 1.26 bits per heavy atom. The number of hydrogen-bond donors (Lipinski definition) is 1. The highest BCUT2D eigenvalue weighted by Crippen LogP contribution is 2.42. The summed E-state index contributed by atoms with van der Waals surface area (Å²) in [4.78, 5) is 18.1. The second kappa shape index (κ2) is 7.49. The number of piperidine rings is 1. The standard InChI is InChI=1S/C21H24ClN3O2/c1-13(14-7-8-24-20(22)10-14)25-16-5-6-17(25)12-19(11-16)27-18-4-2-3-15(9-18)21(23)26/h2-4,7-10,13,16-17,19H,5-6,11-12H2,1H3,(H2,23,26)/t13-,16-,17+,19?/m1/s1. The van der Waals surface area contributed by atoms with Gasteiger partial charge in [-0.05, 0) is 68.5 Å². The minimum absolute atomic E-state index is 0.162. The number of rotatable bonds is 5. The van der Waals surface area contributed by atoms with E-state index in [1.165, 1.54) is 18.4 Å². The fourth-order valence-corrected chi connectivity index (χ4v) is 4.84. The van der Waals surface area contributed by atoms with Crippen LogP contribution in [-0.4, -0.2) is 34.0 Å². The highest BCUT2D eigenvalue weighted by atomic mass is 35.5. The SMILES string of the molecule is C[C@H](c1ccnc(Cl)c1)N1[C@@H]2CC[C@H]1CC(Oc1cccc(C(N)=O)c1)C2. The van der Waals surface area contributed by atoms with E-state index in [1.54, 1.807) is 18.3 Å². The Hall–Kier alpha value is -2.11. The van der Waals surface area contributed by atoms with Crippen molar-refractivity contribution in [2.24, 2.45) is 5.73 Å². The average molecular weight is 386 g/mol. The second-order valence-corrected chi connectivity index (χ2v) is 7.91. The molecule has 2 aliphatic heterocycles. The molecule has 2 saturated heterocycles. The summed E-state index contributed by atoms with van der Waals surface area (Å²) in [6.07, 6.45) is 6.29. The van der Waals surface area contributed by atoms with Crippen molar-refractivity contribution in [3.8, 4) is 5.75 Å². The number of fused-ring (bicyclic) bond motifs is 2. The maximum absolute atomic E-state index is 11.4. The molecule has 3 heterocycles. The van der Waals surface area contributed by atoms with Crippen LogP contribution < -0.4 is 10.5 Å². The van der Waals surface area contributed by atoms with Gasteiger partial charge >= 0.3 is 0 Å². The van der Waals surface area contributed by atoms with Gasteiger partial charge in [0.05, 0.1) is 0 Å². The molecular formula is C21H24ClN3O2. The molecule has 142 valence electrons. The molecule has 1 amide bonds. The third-order valence-corrected chi connectivity index (χ3v) is 6.05. The normalized spacial score (nSPS) is 25.9. The van der Waals surface area contributed by atoms with Crippen LogP contribution in [0.2, 0.25) is 5.15 Å². The number of benzene rings is 1. The molecule has 2 aromatic rings. The first-order chi connectivity index (χ1) is 13.0. The average Bonchev–Trinajstić information content (AvgIpc) is 2.92. The number of nitrogens with zero attached hydrogens (tertiary/aromatic N) is 2. The quantitative estimate of drug-likeness (QED) is 0.790. The number of aromatic nitrogens is 1. The smallest absolute Gasteiger partial charge is 0.248 e. The number of hydrogen-bond acceptors (Lipinski definition) is 4.